The number of aliphatic hydroxyl groups excluding tert-OH is 1. The van der Waals surface area contributed by atoms with Crippen LogP contribution in [0.4, 0.5) is 0 Å². The number of ether oxygens (including phenoxy) is 1. The first kappa shape index (κ1) is 19.7. The summed E-state index contributed by atoms with van der Waals surface area (Å²) in [5, 5.41) is 11.9. The quantitative estimate of drug-likeness (QED) is 0.454. The number of para-hydroxylation sites is 1. The maximum Gasteiger partial charge on any atom is 0.262 e. The SMILES string of the molecule is CCCn1c(SC[C@@H](O)COc2ccccc2)nc2cc(Cl)ccc2c1=O. The summed E-state index contributed by atoms with van der Waals surface area (Å²) in [7, 11) is 0. The molecule has 0 saturated carbocycles. The van der Waals surface area contributed by atoms with Gasteiger partial charge in [-0.15, -0.1) is 0 Å². The molecular weight excluding hydrogens is 384 g/mol. The molecule has 2 aromatic carbocycles. The second kappa shape index (κ2) is 9.26. The first-order valence-electron chi connectivity index (χ1n) is 8.77. The average molecular weight is 405 g/mol. The Hall–Kier alpha value is -2.02. The van der Waals surface area contributed by atoms with Crippen LogP contribution in [-0.2, 0) is 6.54 Å². The maximum absolute atomic E-state index is 12.8. The summed E-state index contributed by atoms with van der Waals surface area (Å²) in [4.78, 5) is 17.4. The summed E-state index contributed by atoms with van der Waals surface area (Å²) in [6, 6.07) is 14.4. The molecule has 0 aliphatic heterocycles. The van der Waals surface area contributed by atoms with E-state index in [9.17, 15) is 9.90 Å². The molecule has 1 atom stereocenters. The predicted molar refractivity (Wildman–Crippen MR) is 110 cm³/mol. The minimum Gasteiger partial charge on any atom is -0.491 e. The van der Waals surface area contributed by atoms with E-state index in [0.717, 1.165) is 6.42 Å². The zero-order valence-corrected chi connectivity index (χ0v) is 16.5. The number of nitrogens with zero attached hydrogens (tertiary/aromatic N) is 2. The van der Waals surface area contributed by atoms with Crippen LogP contribution in [0, 0.1) is 0 Å². The molecule has 7 heteroatoms. The predicted octanol–water partition coefficient (Wildman–Crippen LogP) is 3.99. The fourth-order valence-electron chi connectivity index (χ4n) is 2.63. The highest BCUT2D eigenvalue weighted by atomic mass is 35.5. The number of aromatic nitrogens is 2. The van der Waals surface area contributed by atoms with Gasteiger partial charge in [0.2, 0.25) is 0 Å². The summed E-state index contributed by atoms with van der Waals surface area (Å²) in [5.41, 5.74) is 0.480. The normalized spacial score (nSPS) is 12.3. The van der Waals surface area contributed by atoms with Crippen molar-refractivity contribution in [1.82, 2.24) is 9.55 Å². The van der Waals surface area contributed by atoms with Gasteiger partial charge in [-0.05, 0) is 36.8 Å². The zero-order chi connectivity index (χ0) is 19.2. The van der Waals surface area contributed by atoms with Gasteiger partial charge in [0.15, 0.2) is 5.16 Å². The van der Waals surface area contributed by atoms with Gasteiger partial charge in [0.25, 0.3) is 5.56 Å². The Bertz CT molecular complexity index is 963. The lowest BCUT2D eigenvalue weighted by Crippen LogP contribution is -2.25. The molecule has 1 aromatic heterocycles. The van der Waals surface area contributed by atoms with Crippen LogP contribution in [-0.4, -0.2) is 33.1 Å². The lowest BCUT2D eigenvalue weighted by Gasteiger charge is -2.15. The molecule has 0 fully saturated rings. The van der Waals surface area contributed by atoms with Crippen LogP contribution in [0.25, 0.3) is 10.9 Å². The van der Waals surface area contributed by atoms with E-state index in [2.05, 4.69) is 4.98 Å². The van der Waals surface area contributed by atoms with E-state index in [1.807, 2.05) is 37.3 Å². The highest BCUT2D eigenvalue weighted by Gasteiger charge is 2.14. The second-order valence-electron chi connectivity index (χ2n) is 6.10. The molecular formula is C20H21ClN2O3S. The Morgan fingerprint density at radius 2 is 2.04 bits per heavy atom. The summed E-state index contributed by atoms with van der Waals surface area (Å²) in [5.74, 6) is 1.08. The van der Waals surface area contributed by atoms with Crippen molar-refractivity contribution in [3.05, 3.63) is 63.9 Å². The molecule has 0 unspecified atom stereocenters. The minimum absolute atomic E-state index is 0.0870. The van der Waals surface area contributed by atoms with Gasteiger partial charge in [-0.3, -0.25) is 9.36 Å². The molecule has 3 rings (SSSR count). The number of benzene rings is 2. The highest BCUT2D eigenvalue weighted by Crippen LogP contribution is 2.21. The van der Waals surface area contributed by atoms with Gasteiger partial charge in [0, 0.05) is 17.3 Å². The topological polar surface area (TPSA) is 64.3 Å². The Kier molecular flexibility index (Phi) is 6.77. The third kappa shape index (κ3) is 5.03. The van der Waals surface area contributed by atoms with Gasteiger partial charge < -0.3 is 9.84 Å². The number of hydrogen-bond acceptors (Lipinski definition) is 5. The molecule has 27 heavy (non-hydrogen) atoms. The van der Waals surface area contributed by atoms with Crippen molar-refractivity contribution in [2.24, 2.45) is 0 Å². The monoisotopic (exact) mass is 404 g/mol. The third-order valence-corrected chi connectivity index (χ3v) is 5.28. The average Bonchev–Trinajstić information content (AvgIpc) is 2.68. The van der Waals surface area contributed by atoms with E-state index in [1.165, 1.54) is 11.8 Å². The standard InChI is InChI=1S/C20H21ClN2O3S/c1-2-10-23-19(25)17-9-8-14(21)11-18(17)22-20(23)27-13-15(24)12-26-16-6-4-3-5-7-16/h3-9,11,15,24H,2,10,12-13H2,1H3/t15-/m0/s1. The van der Waals surface area contributed by atoms with E-state index >= 15 is 0 Å². The maximum atomic E-state index is 12.8. The molecule has 0 saturated heterocycles. The Morgan fingerprint density at radius 3 is 2.78 bits per heavy atom. The zero-order valence-electron chi connectivity index (χ0n) is 15.0. The number of hydrogen-bond donors (Lipinski definition) is 1. The van der Waals surface area contributed by atoms with Crippen molar-refractivity contribution < 1.29 is 9.84 Å². The van der Waals surface area contributed by atoms with E-state index in [-0.39, 0.29) is 12.2 Å². The first-order chi connectivity index (χ1) is 13.1. The molecule has 0 amide bonds. The lowest BCUT2D eigenvalue weighted by atomic mass is 10.2. The molecule has 5 nitrogen and oxygen atoms in total. The van der Waals surface area contributed by atoms with Crippen molar-refractivity contribution in [2.75, 3.05) is 12.4 Å². The number of thioether (sulfide) groups is 1. The van der Waals surface area contributed by atoms with E-state index in [0.29, 0.717) is 39.1 Å². The number of aliphatic hydroxyl groups is 1. The number of halogens is 1. The van der Waals surface area contributed by atoms with Crippen molar-refractivity contribution >= 4 is 34.3 Å². The van der Waals surface area contributed by atoms with Gasteiger partial charge in [0.1, 0.15) is 12.4 Å². The van der Waals surface area contributed by atoms with Crippen molar-refractivity contribution in [3.8, 4) is 5.75 Å². The van der Waals surface area contributed by atoms with Gasteiger partial charge >= 0.3 is 0 Å². The van der Waals surface area contributed by atoms with Crippen molar-refractivity contribution in [1.29, 1.82) is 0 Å². The van der Waals surface area contributed by atoms with Crippen LogP contribution >= 0.6 is 23.4 Å². The van der Waals surface area contributed by atoms with Gasteiger partial charge in [-0.2, -0.15) is 0 Å². The molecule has 142 valence electrons. The molecule has 0 aliphatic carbocycles. The lowest BCUT2D eigenvalue weighted by molar-refractivity contribution is 0.126. The Balaban J connectivity index is 1.74. The van der Waals surface area contributed by atoms with E-state index in [4.69, 9.17) is 16.3 Å². The molecule has 0 aliphatic rings. The van der Waals surface area contributed by atoms with Crippen LogP contribution in [0.15, 0.2) is 58.5 Å². The minimum atomic E-state index is -0.683. The summed E-state index contributed by atoms with van der Waals surface area (Å²) in [6.07, 6.45) is 0.130. The molecule has 0 bridgehead atoms. The number of fused-ring (bicyclic) bond motifs is 1. The smallest absolute Gasteiger partial charge is 0.262 e. The molecule has 0 radical (unpaired) electrons. The highest BCUT2D eigenvalue weighted by molar-refractivity contribution is 7.99. The number of rotatable bonds is 8. The van der Waals surface area contributed by atoms with Crippen LogP contribution in [0.5, 0.6) is 5.75 Å². The van der Waals surface area contributed by atoms with Gasteiger partial charge in [0.05, 0.1) is 17.0 Å². The van der Waals surface area contributed by atoms with Crippen LogP contribution in [0.2, 0.25) is 5.02 Å². The fourth-order valence-corrected chi connectivity index (χ4v) is 3.73. The largest absolute Gasteiger partial charge is 0.491 e. The Morgan fingerprint density at radius 1 is 1.26 bits per heavy atom. The summed E-state index contributed by atoms with van der Waals surface area (Å²) < 4.78 is 7.23. The Labute approximate surface area is 167 Å². The van der Waals surface area contributed by atoms with Gasteiger partial charge in [-0.1, -0.05) is 48.5 Å². The fraction of sp³-hybridized carbons (Fsp3) is 0.300. The van der Waals surface area contributed by atoms with Crippen LogP contribution in [0.3, 0.4) is 0 Å². The van der Waals surface area contributed by atoms with Crippen LogP contribution in [0.1, 0.15) is 13.3 Å². The second-order valence-corrected chi connectivity index (χ2v) is 7.53. The molecule has 3 aromatic rings. The van der Waals surface area contributed by atoms with Crippen LogP contribution < -0.4 is 10.3 Å². The van der Waals surface area contributed by atoms with Crippen molar-refractivity contribution in [2.45, 2.75) is 31.1 Å². The third-order valence-electron chi connectivity index (χ3n) is 3.92. The first-order valence-corrected chi connectivity index (χ1v) is 10.1. The van der Waals surface area contributed by atoms with E-state index < -0.39 is 6.10 Å². The summed E-state index contributed by atoms with van der Waals surface area (Å²) in [6.45, 7) is 2.76. The molecule has 1 heterocycles. The molecule has 1 N–H and O–H groups in total. The summed E-state index contributed by atoms with van der Waals surface area (Å²) >= 11 is 7.38. The van der Waals surface area contributed by atoms with E-state index in [1.54, 1.807) is 22.8 Å². The van der Waals surface area contributed by atoms with Crippen molar-refractivity contribution in [3.63, 3.8) is 0 Å². The molecule has 0 spiro atoms. The van der Waals surface area contributed by atoms with Gasteiger partial charge in [-0.25, -0.2) is 4.98 Å².